The molecule has 0 radical (unpaired) electrons. The van der Waals surface area contributed by atoms with Crippen LogP contribution in [0.5, 0.6) is 0 Å². The van der Waals surface area contributed by atoms with Gasteiger partial charge in [0.1, 0.15) is 12.2 Å². The molecule has 1 saturated heterocycles. The van der Waals surface area contributed by atoms with Crippen LogP contribution in [-0.2, 0) is 53.0 Å². The third kappa shape index (κ3) is 6.10. The average Bonchev–Trinajstić information content (AvgIpc) is 3.51. The molecule has 1 aliphatic heterocycles. The summed E-state index contributed by atoms with van der Waals surface area (Å²) in [5.41, 5.74) is 0. The fourth-order valence-corrected chi connectivity index (χ4v) is 6.72. The van der Waals surface area contributed by atoms with Crippen LogP contribution in [0.15, 0.2) is 0 Å². The Morgan fingerprint density at radius 1 is 1.07 bits per heavy atom. The maximum absolute atomic E-state index is 13.6. The Kier molecular flexibility index (Phi) is 9.05. The molecule has 15 heteroatoms. The molecule has 4 fully saturated rings. The molecule has 0 aromatic heterocycles. The molecular formula is C25H34F2O12S. The van der Waals surface area contributed by atoms with Gasteiger partial charge in [-0.1, -0.05) is 26.2 Å². The Balaban J connectivity index is 1.33. The molecule has 2 bridgehead atoms. The minimum absolute atomic E-state index is 0.00462. The van der Waals surface area contributed by atoms with E-state index in [0.717, 1.165) is 32.1 Å². The van der Waals surface area contributed by atoms with Gasteiger partial charge >= 0.3 is 39.2 Å². The third-order valence-electron chi connectivity index (χ3n) is 8.22. The second kappa shape index (κ2) is 11.8. The van der Waals surface area contributed by atoms with Gasteiger partial charge in [0.2, 0.25) is 6.29 Å². The normalized spacial score (nSPS) is 31.4. The number of ether oxygens (including phenoxy) is 5. The molecule has 0 aromatic carbocycles. The van der Waals surface area contributed by atoms with Crippen LogP contribution in [0.3, 0.4) is 0 Å². The first-order chi connectivity index (χ1) is 18.7. The number of hydrogen-bond donors (Lipinski definition) is 1. The molecule has 4 rings (SSSR count). The highest BCUT2D eigenvalue weighted by molar-refractivity contribution is 7.86. The lowest BCUT2D eigenvalue weighted by atomic mass is 9.78. The summed E-state index contributed by atoms with van der Waals surface area (Å²) in [6.45, 7) is 2.40. The Hall–Kier alpha value is -2.39. The average molecular weight is 597 g/mol. The van der Waals surface area contributed by atoms with Crippen LogP contribution in [0.4, 0.5) is 8.78 Å². The number of rotatable bonds is 12. The minimum Gasteiger partial charge on any atom is -0.458 e. The van der Waals surface area contributed by atoms with Gasteiger partial charge in [-0.15, -0.1) is 0 Å². The monoisotopic (exact) mass is 596 g/mol. The molecule has 4 aliphatic rings. The van der Waals surface area contributed by atoms with E-state index in [4.69, 9.17) is 23.5 Å². The van der Waals surface area contributed by atoms with Gasteiger partial charge in [-0.3, -0.25) is 23.7 Å². The molecule has 0 aromatic rings. The van der Waals surface area contributed by atoms with Gasteiger partial charge in [-0.25, -0.2) is 0 Å². The van der Waals surface area contributed by atoms with Crippen molar-refractivity contribution in [2.45, 2.75) is 108 Å². The van der Waals surface area contributed by atoms with Crippen molar-refractivity contribution in [1.82, 2.24) is 0 Å². The van der Waals surface area contributed by atoms with Gasteiger partial charge in [0.25, 0.3) is 0 Å². The highest BCUT2D eigenvalue weighted by Crippen LogP contribution is 2.59. The van der Waals surface area contributed by atoms with Crippen LogP contribution in [0, 0.1) is 23.7 Å². The molecular weight excluding hydrogens is 562 g/mol. The lowest BCUT2D eigenvalue weighted by Gasteiger charge is -2.32. The smallest absolute Gasteiger partial charge is 0.405 e. The van der Waals surface area contributed by atoms with E-state index < -0.39 is 94.4 Å². The van der Waals surface area contributed by atoms with Crippen molar-refractivity contribution in [3.63, 3.8) is 0 Å². The second-order valence-corrected chi connectivity index (χ2v) is 12.3. The summed E-state index contributed by atoms with van der Waals surface area (Å²) < 4.78 is 84.3. The molecule has 3 saturated carbocycles. The first kappa shape index (κ1) is 30.6. The van der Waals surface area contributed by atoms with Crippen LogP contribution >= 0.6 is 0 Å². The second-order valence-electron chi connectivity index (χ2n) is 10.8. The van der Waals surface area contributed by atoms with Crippen molar-refractivity contribution in [2.75, 3.05) is 0 Å². The van der Waals surface area contributed by atoms with E-state index in [9.17, 15) is 36.4 Å². The van der Waals surface area contributed by atoms with Crippen LogP contribution in [-0.4, -0.2) is 72.8 Å². The van der Waals surface area contributed by atoms with E-state index >= 15 is 0 Å². The summed E-state index contributed by atoms with van der Waals surface area (Å²) in [4.78, 5) is 50.3. The van der Waals surface area contributed by atoms with E-state index in [2.05, 4.69) is 4.74 Å². The molecule has 3 aliphatic carbocycles. The molecule has 226 valence electrons. The molecule has 0 amide bonds. The van der Waals surface area contributed by atoms with Crippen molar-refractivity contribution >= 4 is 34.0 Å². The molecule has 8 atom stereocenters. The fourth-order valence-electron chi connectivity index (χ4n) is 6.25. The Bertz CT molecular complexity index is 1110. The van der Waals surface area contributed by atoms with Gasteiger partial charge < -0.3 is 23.7 Å². The van der Waals surface area contributed by atoms with Crippen molar-refractivity contribution in [1.29, 1.82) is 0 Å². The molecule has 0 spiro atoms. The first-order valence-electron chi connectivity index (χ1n) is 13.5. The van der Waals surface area contributed by atoms with Gasteiger partial charge in [-0.05, 0) is 26.2 Å². The largest absolute Gasteiger partial charge is 0.458 e. The number of alkyl halides is 2. The quantitative estimate of drug-likeness (QED) is 0.151. The van der Waals surface area contributed by atoms with E-state index in [1.54, 1.807) is 0 Å². The van der Waals surface area contributed by atoms with Crippen molar-refractivity contribution in [3.8, 4) is 0 Å². The van der Waals surface area contributed by atoms with Crippen LogP contribution < -0.4 is 0 Å². The number of hydrogen-bond acceptors (Lipinski definition) is 11. The highest BCUT2D eigenvalue weighted by Gasteiger charge is 2.70. The lowest BCUT2D eigenvalue weighted by molar-refractivity contribution is -0.202. The van der Waals surface area contributed by atoms with Crippen LogP contribution in [0.2, 0.25) is 0 Å². The van der Waals surface area contributed by atoms with Crippen LogP contribution in [0.25, 0.3) is 0 Å². The predicted molar refractivity (Wildman–Crippen MR) is 128 cm³/mol. The van der Waals surface area contributed by atoms with E-state index in [-0.39, 0.29) is 12.0 Å². The molecule has 1 N–H and O–H groups in total. The van der Waals surface area contributed by atoms with E-state index in [0.29, 0.717) is 19.8 Å². The lowest BCUT2D eigenvalue weighted by Crippen LogP contribution is -2.44. The summed E-state index contributed by atoms with van der Waals surface area (Å²) in [7, 11) is -5.83. The first-order valence-corrected chi connectivity index (χ1v) is 15.0. The number of esters is 4. The number of halogens is 2. The van der Waals surface area contributed by atoms with Crippen molar-refractivity contribution < 1.29 is 64.6 Å². The van der Waals surface area contributed by atoms with Crippen molar-refractivity contribution in [3.05, 3.63) is 0 Å². The standard InChI is InChI=1S/C25H34F2O12S/c1-3-18(36-13-7-5-4-6-8-13)38-23(30)19-14-11-15-20(19)24(31)39-22(15)21(14)37-17(29)10-9-16(28)35-12(2)25(26,27)40(32,33)34/h12-15,18-22H,3-11H2,1-2H3,(H,32,33,34). The van der Waals surface area contributed by atoms with Gasteiger partial charge in [0.15, 0.2) is 6.10 Å². The number of carbonyl (C=O) groups is 4. The maximum Gasteiger partial charge on any atom is 0.405 e. The highest BCUT2D eigenvalue weighted by atomic mass is 32.2. The van der Waals surface area contributed by atoms with E-state index in [1.807, 2.05) is 6.92 Å². The Morgan fingerprint density at radius 2 is 1.73 bits per heavy atom. The fraction of sp³-hybridized carbons (Fsp3) is 0.840. The molecule has 12 nitrogen and oxygen atoms in total. The SMILES string of the molecule is CCC(OC(=O)C1C2CC3C(OC(=O)C31)C2OC(=O)CCC(=O)OC(C)C(F)(F)S(=O)(=O)O)OC1CCCCC1. The minimum atomic E-state index is -5.83. The summed E-state index contributed by atoms with van der Waals surface area (Å²) in [5.74, 6) is -5.97. The number of fused-ring (bicyclic) bond motifs is 1. The molecule has 1 heterocycles. The third-order valence-corrected chi connectivity index (χ3v) is 9.24. The number of carbonyl (C=O) groups excluding carboxylic acids is 4. The summed E-state index contributed by atoms with van der Waals surface area (Å²) >= 11 is 0. The zero-order valence-corrected chi connectivity index (χ0v) is 23.0. The molecule has 40 heavy (non-hydrogen) atoms. The predicted octanol–water partition coefficient (Wildman–Crippen LogP) is 2.53. The topological polar surface area (TPSA) is 169 Å². The maximum atomic E-state index is 13.6. The van der Waals surface area contributed by atoms with Crippen molar-refractivity contribution in [2.24, 2.45) is 23.7 Å². The Labute approximate surface area is 230 Å². The molecule has 8 unspecified atom stereocenters. The summed E-state index contributed by atoms with van der Waals surface area (Å²) in [5, 5.41) is -4.74. The van der Waals surface area contributed by atoms with Gasteiger partial charge in [0.05, 0.1) is 30.8 Å². The Morgan fingerprint density at radius 3 is 2.35 bits per heavy atom. The summed E-state index contributed by atoms with van der Waals surface area (Å²) in [6.07, 6.45) is -0.540. The van der Waals surface area contributed by atoms with Crippen LogP contribution in [0.1, 0.15) is 71.6 Å². The summed E-state index contributed by atoms with van der Waals surface area (Å²) in [6, 6.07) is 0. The van der Waals surface area contributed by atoms with Gasteiger partial charge in [-0.2, -0.15) is 17.2 Å². The van der Waals surface area contributed by atoms with Gasteiger partial charge in [0, 0.05) is 18.3 Å². The zero-order chi connectivity index (χ0) is 29.4. The van der Waals surface area contributed by atoms with E-state index in [1.165, 1.54) is 0 Å². The zero-order valence-electron chi connectivity index (χ0n) is 22.2.